The maximum Gasteiger partial charge on any atom is 0.332 e. The molecule has 9 heteroatoms. The SMILES string of the molecule is C=CC(=O)[C@](Cc1ccc(OC)cc1)(C(=O)O)N(CC(=O)O)CC(=O)O. The van der Waals surface area contributed by atoms with E-state index >= 15 is 0 Å². The van der Waals surface area contributed by atoms with E-state index < -0.39 is 48.7 Å². The van der Waals surface area contributed by atoms with Gasteiger partial charge in [-0.2, -0.15) is 0 Å². The van der Waals surface area contributed by atoms with E-state index in [0.717, 1.165) is 6.08 Å². The van der Waals surface area contributed by atoms with Gasteiger partial charge in [0, 0.05) is 6.42 Å². The number of hydrogen-bond donors (Lipinski definition) is 3. The fraction of sp³-hybridized carbons (Fsp3) is 0.294. The lowest BCUT2D eigenvalue weighted by Gasteiger charge is -2.37. The van der Waals surface area contributed by atoms with E-state index in [4.69, 9.17) is 14.9 Å². The van der Waals surface area contributed by atoms with E-state index in [-0.39, 0.29) is 0 Å². The highest BCUT2D eigenvalue weighted by Gasteiger charge is 2.51. The molecule has 0 aromatic heterocycles. The van der Waals surface area contributed by atoms with Gasteiger partial charge in [0.2, 0.25) is 0 Å². The van der Waals surface area contributed by atoms with Crippen molar-refractivity contribution in [3.8, 4) is 5.75 Å². The van der Waals surface area contributed by atoms with Crippen molar-refractivity contribution in [1.29, 1.82) is 0 Å². The van der Waals surface area contributed by atoms with Crippen LogP contribution < -0.4 is 4.74 Å². The standard InChI is InChI=1S/C17H19NO8/c1-3-13(19)17(16(24)25,18(9-14(20)21)10-15(22)23)8-11-4-6-12(26-2)7-5-11/h3-7H,1,8-10H2,2H3,(H,20,21)(H,22,23)(H,24,25)/t17-/m1/s1. The van der Waals surface area contributed by atoms with Crippen LogP contribution in [0.2, 0.25) is 0 Å². The Balaban J connectivity index is 3.48. The maximum atomic E-state index is 12.5. The van der Waals surface area contributed by atoms with Crippen LogP contribution in [0.25, 0.3) is 0 Å². The molecular formula is C17H19NO8. The Morgan fingerprint density at radius 2 is 1.58 bits per heavy atom. The topological polar surface area (TPSA) is 141 Å². The third kappa shape index (κ3) is 4.67. The fourth-order valence-corrected chi connectivity index (χ4v) is 2.53. The molecule has 1 atom stereocenters. The monoisotopic (exact) mass is 365 g/mol. The van der Waals surface area contributed by atoms with Crippen LogP contribution in [0.1, 0.15) is 5.56 Å². The molecule has 0 fully saturated rings. The lowest BCUT2D eigenvalue weighted by molar-refractivity contribution is -0.160. The minimum absolute atomic E-state index is 0.379. The van der Waals surface area contributed by atoms with Crippen molar-refractivity contribution in [1.82, 2.24) is 4.90 Å². The molecule has 0 saturated heterocycles. The Bertz CT molecular complexity index is 696. The van der Waals surface area contributed by atoms with E-state index in [1.807, 2.05) is 0 Å². The summed E-state index contributed by atoms with van der Waals surface area (Å²) >= 11 is 0. The molecule has 0 aliphatic rings. The smallest absolute Gasteiger partial charge is 0.332 e. The average molecular weight is 365 g/mol. The molecule has 26 heavy (non-hydrogen) atoms. The molecule has 1 aromatic rings. The number of ketones is 1. The average Bonchev–Trinajstić information content (AvgIpc) is 2.57. The van der Waals surface area contributed by atoms with Crippen molar-refractivity contribution in [3.05, 3.63) is 42.5 Å². The molecular weight excluding hydrogens is 346 g/mol. The summed E-state index contributed by atoms with van der Waals surface area (Å²) in [4.78, 5) is 47.3. The minimum Gasteiger partial charge on any atom is -0.497 e. The predicted molar refractivity (Wildman–Crippen MR) is 89.1 cm³/mol. The number of carboxylic acids is 3. The predicted octanol–water partition coefficient (Wildman–Crippen LogP) is 0.287. The van der Waals surface area contributed by atoms with Crippen LogP contribution in [-0.4, -0.2) is 69.6 Å². The molecule has 0 aliphatic heterocycles. The summed E-state index contributed by atoms with van der Waals surface area (Å²) in [7, 11) is 1.44. The summed E-state index contributed by atoms with van der Waals surface area (Å²) in [5, 5.41) is 27.9. The summed E-state index contributed by atoms with van der Waals surface area (Å²) in [6.45, 7) is 1.36. The van der Waals surface area contributed by atoms with Gasteiger partial charge < -0.3 is 20.1 Å². The molecule has 9 nitrogen and oxygen atoms in total. The summed E-state index contributed by atoms with van der Waals surface area (Å²) < 4.78 is 5.00. The van der Waals surface area contributed by atoms with Crippen LogP contribution >= 0.6 is 0 Å². The Morgan fingerprint density at radius 3 is 1.92 bits per heavy atom. The molecule has 3 N–H and O–H groups in total. The van der Waals surface area contributed by atoms with Crippen molar-refractivity contribution in [3.63, 3.8) is 0 Å². The number of aliphatic carboxylic acids is 3. The van der Waals surface area contributed by atoms with Crippen LogP contribution in [0, 0.1) is 0 Å². The van der Waals surface area contributed by atoms with Crippen LogP contribution in [-0.2, 0) is 25.6 Å². The lowest BCUT2D eigenvalue weighted by Crippen LogP contribution is -2.63. The molecule has 0 amide bonds. The minimum atomic E-state index is -2.42. The Labute approximate surface area is 149 Å². The van der Waals surface area contributed by atoms with Crippen molar-refractivity contribution in [2.24, 2.45) is 0 Å². The first-order valence-electron chi connectivity index (χ1n) is 7.39. The van der Waals surface area contributed by atoms with Gasteiger partial charge in [0.05, 0.1) is 20.2 Å². The summed E-state index contributed by atoms with van der Waals surface area (Å²) in [6, 6.07) is 6.09. The van der Waals surface area contributed by atoms with Gasteiger partial charge in [-0.3, -0.25) is 19.3 Å². The zero-order valence-corrected chi connectivity index (χ0v) is 14.0. The van der Waals surface area contributed by atoms with Gasteiger partial charge in [-0.15, -0.1) is 0 Å². The zero-order valence-electron chi connectivity index (χ0n) is 14.0. The first-order valence-corrected chi connectivity index (χ1v) is 7.39. The van der Waals surface area contributed by atoms with Crippen LogP contribution in [0.15, 0.2) is 36.9 Å². The van der Waals surface area contributed by atoms with Crippen LogP contribution in [0.5, 0.6) is 5.75 Å². The highest BCUT2D eigenvalue weighted by Crippen LogP contribution is 2.25. The van der Waals surface area contributed by atoms with Gasteiger partial charge in [-0.1, -0.05) is 18.7 Å². The van der Waals surface area contributed by atoms with Gasteiger partial charge in [0.1, 0.15) is 5.75 Å². The molecule has 0 bridgehead atoms. The highest BCUT2D eigenvalue weighted by molar-refractivity contribution is 6.13. The highest BCUT2D eigenvalue weighted by atomic mass is 16.5. The molecule has 0 spiro atoms. The van der Waals surface area contributed by atoms with Crippen LogP contribution in [0.4, 0.5) is 0 Å². The van der Waals surface area contributed by atoms with E-state index in [1.165, 1.54) is 19.2 Å². The van der Waals surface area contributed by atoms with Gasteiger partial charge >= 0.3 is 17.9 Å². The fourth-order valence-electron chi connectivity index (χ4n) is 2.53. The summed E-state index contributed by atoms with van der Waals surface area (Å²) in [5.74, 6) is -5.12. The molecule has 0 radical (unpaired) electrons. The molecule has 0 saturated carbocycles. The third-order valence-corrected chi connectivity index (χ3v) is 3.76. The van der Waals surface area contributed by atoms with E-state index in [0.29, 0.717) is 16.2 Å². The molecule has 0 aliphatic carbocycles. The second-order valence-corrected chi connectivity index (χ2v) is 5.40. The van der Waals surface area contributed by atoms with Gasteiger partial charge in [-0.05, 0) is 23.8 Å². The maximum absolute atomic E-state index is 12.5. The number of ether oxygens (including phenoxy) is 1. The number of carbonyl (C=O) groups excluding carboxylic acids is 1. The van der Waals surface area contributed by atoms with Crippen molar-refractivity contribution >= 4 is 23.7 Å². The number of benzene rings is 1. The molecule has 0 unspecified atom stereocenters. The van der Waals surface area contributed by atoms with Crippen molar-refractivity contribution in [2.45, 2.75) is 12.0 Å². The Hall–Kier alpha value is -3.20. The third-order valence-electron chi connectivity index (χ3n) is 3.76. The normalized spacial score (nSPS) is 12.8. The summed E-state index contributed by atoms with van der Waals surface area (Å²) in [5.41, 5.74) is -2.04. The Kier molecular flexibility index (Phi) is 7.03. The lowest BCUT2D eigenvalue weighted by atomic mass is 9.84. The zero-order chi connectivity index (χ0) is 19.9. The van der Waals surface area contributed by atoms with Gasteiger partial charge in [-0.25, -0.2) is 4.79 Å². The van der Waals surface area contributed by atoms with E-state index in [2.05, 4.69) is 6.58 Å². The number of hydrogen-bond acceptors (Lipinski definition) is 6. The number of nitrogens with zero attached hydrogens (tertiary/aromatic N) is 1. The first kappa shape index (κ1) is 20.8. The second-order valence-electron chi connectivity index (χ2n) is 5.40. The second kappa shape index (κ2) is 8.77. The largest absolute Gasteiger partial charge is 0.497 e. The summed E-state index contributed by atoms with van der Waals surface area (Å²) in [6.07, 6.45) is 0.298. The van der Waals surface area contributed by atoms with Crippen LogP contribution in [0.3, 0.4) is 0 Å². The number of carboxylic acid groups (broad SMARTS) is 3. The number of rotatable bonds is 11. The number of methoxy groups -OCH3 is 1. The van der Waals surface area contributed by atoms with Gasteiger partial charge in [0.25, 0.3) is 0 Å². The van der Waals surface area contributed by atoms with E-state index in [9.17, 15) is 24.3 Å². The quantitative estimate of drug-likeness (QED) is 0.372. The molecule has 1 aromatic carbocycles. The molecule has 140 valence electrons. The first-order chi connectivity index (χ1) is 12.2. The van der Waals surface area contributed by atoms with E-state index in [1.54, 1.807) is 12.1 Å². The Morgan fingerprint density at radius 1 is 1.08 bits per heavy atom. The molecule has 1 rings (SSSR count). The molecule has 0 heterocycles. The van der Waals surface area contributed by atoms with Crippen molar-refractivity contribution in [2.75, 3.05) is 20.2 Å². The number of carbonyl (C=O) groups is 4. The van der Waals surface area contributed by atoms with Crippen molar-refractivity contribution < 1.29 is 39.2 Å². The van der Waals surface area contributed by atoms with Gasteiger partial charge in [0.15, 0.2) is 11.3 Å².